The van der Waals surface area contributed by atoms with Crippen LogP contribution >= 0.6 is 11.6 Å². The highest BCUT2D eigenvalue weighted by Gasteiger charge is 2.14. The molecule has 0 aliphatic carbocycles. The molecule has 0 spiro atoms. The SMILES string of the molecule is O=C(O)c1cc(=O)[nH]c(=O)n1-c1ccc(Cl)cc1. The van der Waals surface area contributed by atoms with Gasteiger partial charge in [0.1, 0.15) is 5.69 Å². The van der Waals surface area contributed by atoms with Crippen LogP contribution in [0.15, 0.2) is 39.9 Å². The van der Waals surface area contributed by atoms with E-state index in [2.05, 4.69) is 0 Å². The van der Waals surface area contributed by atoms with Gasteiger partial charge >= 0.3 is 11.7 Å². The van der Waals surface area contributed by atoms with Crippen LogP contribution < -0.4 is 11.2 Å². The molecular weight excluding hydrogens is 260 g/mol. The van der Waals surface area contributed by atoms with E-state index in [-0.39, 0.29) is 0 Å². The first kappa shape index (κ1) is 12.1. The lowest BCUT2D eigenvalue weighted by Gasteiger charge is -2.08. The van der Waals surface area contributed by atoms with Crippen molar-refractivity contribution in [1.29, 1.82) is 0 Å². The van der Waals surface area contributed by atoms with Crippen molar-refractivity contribution < 1.29 is 9.90 Å². The van der Waals surface area contributed by atoms with E-state index in [0.29, 0.717) is 10.7 Å². The van der Waals surface area contributed by atoms with Crippen molar-refractivity contribution in [1.82, 2.24) is 9.55 Å². The second-order valence-corrected chi connectivity index (χ2v) is 3.88. The van der Waals surface area contributed by atoms with Crippen molar-refractivity contribution in [3.8, 4) is 5.69 Å². The highest BCUT2D eigenvalue weighted by atomic mass is 35.5. The Kier molecular flexibility index (Phi) is 3.03. The van der Waals surface area contributed by atoms with E-state index in [4.69, 9.17) is 16.7 Å². The largest absolute Gasteiger partial charge is 0.477 e. The van der Waals surface area contributed by atoms with E-state index in [0.717, 1.165) is 10.6 Å². The lowest BCUT2D eigenvalue weighted by atomic mass is 10.3. The number of benzene rings is 1. The fourth-order valence-corrected chi connectivity index (χ4v) is 1.63. The summed E-state index contributed by atoms with van der Waals surface area (Å²) >= 11 is 5.70. The highest BCUT2D eigenvalue weighted by molar-refractivity contribution is 6.30. The summed E-state index contributed by atoms with van der Waals surface area (Å²) in [5.74, 6) is -1.37. The number of carboxylic acid groups (broad SMARTS) is 1. The first-order valence-corrected chi connectivity index (χ1v) is 5.22. The number of carbonyl (C=O) groups is 1. The van der Waals surface area contributed by atoms with Crippen LogP contribution in [-0.4, -0.2) is 20.6 Å². The number of halogens is 1. The van der Waals surface area contributed by atoms with Crippen molar-refractivity contribution in [3.05, 3.63) is 61.9 Å². The Labute approximate surface area is 105 Å². The molecule has 0 amide bonds. The maximum Gasteiger partial charge on any atom is 0.353 e. The van der Waals surface area contributed by atoms with Crippen LogP contribution in [0, 0.1) is 0 Å². The van der Waals surface area contributed by atoms with Gasteiger partial charge in [-0.25, -0.2) is 9.59 Å². The number of aromatic amines is 1. The number of nitrogens with zero attached hydrogens (tertiary/aromatic N) is 1. The lowest BCUT2D eigenvalue weighted by molar-refractivity contribution is 0.0686. The van der Waals surface area contributed by atoms with E-state index in [1.807, 2.05) is 4.98 Å². The Hall–Kier alpha value is -2.34. The molecule has 0 fully saturated rings. The first-order valence-electron chi connectivity index (χ1n) is 4.84. The minimum absolute atomic E-state index is 0.304. The molecule has 2 aromatic rings. The zero-order valence-electron chi connectivity index (χ0n) is 8.88. The Bertz CT molecular complexity index is 715. The van der Waals surface area contributed by atoms with Gasteiger partial charge in [-0.1, -0.05) is 11.6 Å². The second-order valence-electron chi connectivity index (χ2n) is 3.44. The van der Waals surface area contributed by atoms with Gasteiger partial charge in [-0.3, -0.25) is 14.3 Å². The summed E-state index contributed by atoms with van der Waals surface area (Å²) < 4.78 is 0.889. The molecule has 6 nitrogen and oxygen atoms in total. The van der Waals surface area contributed by atoms with Gasteiger partial charge in [-0.05, 0) is 24.3 Å². The van der Waals surface area contributed by atoms with Crippen LogP contribution in [-0.2, 0) is 0 Å². The molecule has 0 bridgehead atoms. The van der Waals surface area contributed by atoms with Crippen LogP contribution in [0.1, 0.15) is 10.5 Å². The molecule has 7 heteroatoms. The number of nitrogens with one attached hydrogen (secondary N) is 1. The molecular formula is C11H7ClN2O4. The zero-order chi connectivity index (χ0) is 13.3. The van der Waals surface area contributed by atoms with E-state index in [1.54, 1.807) is 0 Å². The molecule has 0 saturated carbocycles. The van der Waals surface area contributed by atoms with E-state index < -0.39 is 22.9 Å². The van der Waals surface area contributed by atoms with Crippen LogP contribution in [0.5, 0.6) is 0 Å². The number of hydrogen-bond acceptors (Lipinski definition) is 3. The van der Waals surface area contributed by atoms with Crippen molar-refractivity contribution in [3.63, 3.8) is 0 Å². The van der Waals surface area contributed by atoms with E-state index >= 15 is 0 Å². The van der Waals surface area contributed by atoms with Gasteiger partial charge < -0.3 is 5.11 Å². The Morgan fingerprint density at radius 2 is 1.83 bits per heavy atom. The highest BCUT2D eigenvalue weighted by Crippen LogP contribution is 2.13. The Morgan fingerprint density at radius 3 is 2.39 bits per heavy atom. The van der Waals surface area contributed by atoms with Crippen molar-refractivity contribution >= 4 is 17.6 Å². The van der Waals surface area contributed by atoms with Crippen molar-refractivity contribution in [2.45, 2.75) is 0 Å². The lowest BCUT2D eigenvalue weighted by Crippen LogP contribution is -2.32. The summed E-state index contributed by atoms with van der Waals surface area (Å²) in [5, 5.41) is 9.44. The first-order chi connectivity index (χ1) is 8.49. The van der Waals surface area contributed by atoms with Crippen molar-refractivity contribution in [2.75, 3.05) is 0 Å². The number of rotatable bonds is 2. The van der Waals surface area contributed by atoms with Gasteiger partial charge in [-0.15, -0.1) is 0 Å². The molecule has 0 unspecified atom stereocenters. The summed E-state index contributed by atoms with van der Waals surface area (Å²) in [6.45, 7) is 0. The van der Waals surface area contributed by atoms with Crippen LogP contribution in [0.2, 0.25) is 5.02 Å². The average molecular weight is 267 g/mol. The number of carboxylic acids is 1. The molecule has 0 aliphatic rings. The molecule has 18 heavy (non-hydrogen) atoms. The molecule has 2 rings (SSSR count). The van der Waals surface area contributed by atoms with Crippen LogP contribution in [0.3, 0.4) is 0 Å². The Balaban J connectivity index is 2.78. The van der Waals surface area contributed by atoms with Gasteiger partial charge in [0.15, 0.2) is 0 Å². The number of H-pyrrole nitrogens is 1. The van der Waals surface area contributed by atoms with E-state index in [1.165, 1.54) is 24.3 Å². The second kappa shape index (κ2) is 4.50. The molecule has 0 saturated heterocycles. The summed E-state index contributed by atoms with van der Waals surface area (Å²) in [5.41, 5.74) is -1.69. The smallest absolute Gasteiger partial charge is 0.353 e. The van der Waals surface area contributed by atoms with Crippen LogP contribution in [0.4, 0.5) is 0 Å². The minimum atomic E-state index is -1.37. The Morgan fingerprint density at radius 1 is 1.22 bits per heavy atom. The van der Waals surface area contributed by atoms with Gasteiger partial charge in [-0.2, -0.15) is 0 Å². The third-order valence-corrected chi connectivity index (χ3v) is 2.50. The predicted molar refractivity (Wildman–Crippen MR) is 64.6 cm³/mol. The molecule has 2 N–H and O–H groups in total. The quantitative estimate of drug-likeness (QED) is 0.844. The summed E-state index contributed by atoms with van der Waals surface area (Å²) in [6.07, 6.45) is 0. The van der Waals surface area contributed by atoms with Gasteiger partial charge in [0, 0.05) is 11.1 Å². The molecule has 1 aromatic heterocycles. The monoisotopic (exact) mass is 266 g/mol. The molecule has 1 aromatic carbocycles. The number of hydrogen-bond donors (Lipinski definition) is 2. The summed E-state index contributed by atoms with van der Waals surface area (Å²) in [7, 11) is 0. The number of aromatic nitrogens is 2. The van der Waals surface area contributed by atoms with Gasteiger partial charge in [0.25, 0.3) is 5.56 Å². The fourth-order valence-electron chi connectivity index (χ4n) is 1.50. The van der Waals surface area contributed by atoms with Crippen LogP contribution in [0.25, 0.3) is 5.69 Å². The molecule has 92 valence electrons. The maximum atomic E-state index is 11.7. The van der Waals surface area contributed by atoms with Gasteiger partial charge in [0.2, 0.25) is 0 Å². The molecule has 0 atom stereocenters. The normalized spacial score (nSPS) is 10.3. The standard InChI is InChI=1S/C11H7ClN2O4/c12-6-1-3-7(4-2-6)14-8(10(16)17)5-9(15)13-11(14)18/h1-5H,(H,16,17)(H,13,15,18). The summed E-state index contributed by atoms with van der Waals surface area (Å²) in [4.78, 5) is 35.8. The maximum absolute atomic E-state index is 11.7. The van der Waals surface area contributed by atoms with Crippen molar-refractivity contribution in [2.24, 2.45) is 0 Å². The third-order valence-electron chi connectivity index (χ3n) is 2.25. The molecule has 0 aliphatic heterocycles. The zero-order valence-corrected chi connectivity index (χ0v) is 9.64. The predicted octanol–water partition coefficient (Wildman–Crippen LogP) is 0.877. The number of aromatic carboxylic acids is 1. The molecule has 0 radical (unpaired) electrons. The minimum Gasteiger partial charge on any atom is -0.477 e. The van der Waals surface area contributed by atoms with E-state index in [9.17, 15) is 14.4 Å². The molecule has 1 heterocycles. The topological polar surface area (TPSA) is 92.2 Å². The summed E-state index contributed by atoms with van der Waals surface area (Å²) in [6, 6.07) is 6.83. The van der Waals surface area contributed by atoms with Gasteiger partial charge in [0.05, 0.1) is 5.69 Å². The third kappa shape index (κ3) is 2.18. The fraction of sp³-hybridized carbons (Fsp3) is 0. The average Bonchev–Trinajstić information content (AvgIpc) is 2.29.